The van der Waals surface area contributed by atoms with Crippen LogP contribution in [0, 0.1) is 0 Å². The average Bonchev–Trinajstić information content (AvgIpc) is 3.34. The first-order chi connectivity index (χ1) is 15.2. The van der Waals surface area contributed by atoms with Crippen molar-refractivity contribution in [2.75, 3.05) is 30.4 Å². The Bertz CT molecular complexity index is 1010. The molecule has 2 amide bonds. The Balaban J connectivity index is 1.36. The Morgan fingerprint density at radius 1 is 1.06 bits per heavy atom. The molecule has 3 aromatic rings. The number of aromatic nitrogens is 1. The molecule has 2 aromatic carbocycles. The molecule has 1 aliphatic rings. The van der Waals surface area contributed by atoms with Gasteiger partial charge in [-0.25, -0.2) is 9.78 Å². The Kier molecular flexibility index (Phi) is 7.10. The van der Waals surface area contributed by atoms with Gasteiger partial charge >= 0.3 is 6.03 Å². The van der Waals surface area contributed by atoms with Gasteiger partial charge in [0.15, 0.2) is 0 Å². The van der Waals surface area contributed by atoms with Crippen molar-refractivity contribution < 1.29 is 4.79 Å². The third-order valence-corrected chi connectivity index (χ3v) is 6.41. The number of amides is 2. The maximum atomic E-state index is 12.8. The largest absolute Gasteiger partial charge is 0.371 e. The third-order valence-electron chi connectivity index (χ3n) is 5.40. The number of pyridine rings is 1. The molecule has 1 aliphatic heterocycles. The van der Waals surface area contributed by atoms with Gasteiger partial charge in [0, 0.05) is 50.0 Å². The van der Waals surface area contributed by atoms with E-state index in [1.807, 2.05) is 49.5 Å². The quantitative estimate of drug-likeness (QED) is 0.491. The van der Waals surface area contributed by atoms with Crippen molar-refractivity contribution in [3.63, 3.8) is 0 Å². The second-order valence-electron chi connectivity index (χ2n) is 7.77. The summed E-state index contributed by atoms with van der Waals surface area (Å²) in [5.74, 6) is 0.805. The number of thioether (sulfide) groups is 1. The number of anilines is 2. The van der Waals surface area contributed by atoms with Crippen LogP contribution in [0.25, 0.3) is 0 Å². The van der Waals surface area contributed by atoms with Crippen LogP contribution >= 0.6 is 11.8 Å². The molecule has 4 rings (SSSR count). The standard InChI is InChI=1S/C25H28N4OS/c1-28(18-21-10-2-3-12-23(21)29-15-6-7-16-29)25(30)27-22-11-8-9-20(17-22)19-31-24-13-4-5-14-26-24/h2-5,8-14,17H,6-7,15-16,18-19H2,1H3,(H,27,30). The van der Waals surface area contributed by atoms with Gasteiger partial charge in [-0.3, -0.25) is 0 Å². The Morgan fingerprint density at radius 2 is 1.87 bits per heavy atom. The van der Waals surface area contributed by atoms with Gasteiger partial charge in [-0.15, -0.1) is 11.8 Å². The molecule has 1 fully saturated rings. The predicted molar refractivity (Wildman–Crippen MR) is 129 cm³/mol. The molecule has 160 valence electrons. The fourth-order valence-corrected chi connectivity index (χ4v) is 4.59. The predicted octanol–water partition coefficient (Wildman–Crippen LogP) is 5.64. The molecule has 0 radical (unpaired) electrons. The molecule has 31 heavy (non-hydrogen) atoms. The lowest BCUT2D eigenvalue weighted by atomic mass is 10.1. The minimum atomic E-state index is -0.106. The highest BCUT2D eigenvalue weighted by atomic mass is 32.2. The first kappa shape index (κ1) is 21.2. The van der Waals surface area contributed by atoms with Crippen molar-refractivity contribution >= 4 is 29.2 Å². The summed E-state index contributed by atoms with van der Waals surface area (Å²) in [6.45, 7) is 2.76. The molecule has 0 bridgehead atoms. The monoisotopic (exact) mass is 432 g/mol. The van der Waals surface area contributed by atoms with E-state index >= 15 is 0 Å². The topological polar surface area (TPSA) is 48.5 Å². The lowest BCUT2D eigenvalue weighted by Gasteiger charge is -2.24. The molecular weight excluding hydrogens is 404 g/mol. The number of benzene rings is 2. The third kappa shape index (κ3) is 5.79. The molecule has 0 saturated carbocycles. The summed E-state index contributed by atoms with van der Waals surface area (Å²) in [6, 6.07) is 22.2. The number of para-hydroxylation sites is 1. The number of hydrogen-bond donors (Lipinski definition) is 1. The van der Waals surface area contributed by atoms with Gasteiger partial charge in [0.2, 0.25) is 0 Å². The van der Waals surface area contributed by atoms with E-state index in [1.165, 1.54) is 24.1 Å². The van der Waals surface area contributed by atoms with E-state index in [4.69, 9.17) is 0 Å². The van der Waals surface area contributed by atoms with Crippen LogP contribution in [0.1, 0.15) is 24.0 Å². The van der Waals surface area contributed by atoms with Crippen LogP contribution in [0.15, 0.2) is 78.0 Å². The number of carbonyl (C=O) groups is 1. The van der Waals surface area contributed by atoms with Crippen LogP contribution in [-0.4, -0.2) is 36.1 Å². The number of hydrogen-bond acceptors (Lipinski definition) is 4. The summed E-state index contributed by atoms with van der Waals surface area (Å²) in [6.07, 6.45) is 4.27. The SMILES string of the molecule is CN(Cc1ccccc1N1CCCC1)C(=O)Nc1cccc(CSc2ccccn2)c1. The maximum Gasteiger partial charge on any atom is 0.321 e. The Labute approximate surface area is 188 Å². The van der Waals surface area contributed by atoms with E-state index in [0.717, 1.165) is 35.1 Å². The molecule has 2 heterocycles. The number of urea groups is 1. The lowest BCUT2D eigenvalue weighted by molar-refractivity contribution is 0.220. The van der Waals surface area contributed by atoms with Crippen LogP contribution in [0.3, 0.4) is 0 Å². The molecule has 0 unspecified atom stereocenters. The van der Waals surface area contributed by atoms with Crippen LogP contribution in [0.4, 0.5) is 16.2 Å². The van der Waals surface area contributed by atoms with Crippen molar-refractivity contribution in [1.29, 1.82) is 0 Å². The smallest absolute Gasteiger partial charge is 0.321 e. The summed E-state index contributed by atoms with van der Waals surface area (Å²) >= 11 is 1.68. The van der Waals surface area contributed by atoms with E-state index in [0.29, 0.717) is 6.54 Å². The summed E-state index contributed by atoms with van der Waals surface area (Å²) < 4.78 is 0. The van der Waals surface area contributed by atoms with Crippen molar-refractivity contribution in [1.82, 2.24) is 9.88 Å². The van der Waals surface area contributed by atoms with E-state index in [2.05, 4.69) is 39.5 Å². The Hall–Kier alpha value is -2.99. The van der Waals surface area contributed by atoms with Gasteiger partial charge in [-0.05, 0) is 54.3 Å². The zero-order valence-electron chi connectivity index (χ0n) is 17.8. The number of nitrogens with zero attached hydrogens (tertiary/aromatic N) is 3. The second kappa shape index (κ2) is 10.4. The molecular formula is C25H28N4OS. The van der Waals surface area contributed by atoms with E-state index < -0.39 is 0 Å². The zero-order valence-corrected chi connectivity index (χ0v) is 18.6. The Morgan fingerprint density at radius 3 is 2.68 bits per heavy atom. The van der Waals surface area contributed by atoms with Gasteiger partial charge < -0.3 is 15.1 Å². The van der Waals surface area contributed by atoms with Gasteiger partial charge in [-0.1, -0.05) is 36.4 Å². The van der Waals surface area contributed by atoms with Gasteiger partial charge in [0.05, 0.1) is 5.03 Å². The van der Waals surface area contributed by atoms with Crippen LogP contribution < -0.4 is 10.2 Å². The first-order valence-electron chi connectivity index (χ1n) is 10.7. The number of rotatable bonds is 7. The van der Waals surface area contributed by atoms with Gasteiger partial charge in [0.25, 0.3) is 0 Å². The minimum absolute atomic E-state index is 0.106. The van der Waals surface area contributed by atoms with Crippen molar-refractivity contribution in [3.05, 3.63) is 84.1 Å². The number of carbonyl (C=O) groups excluding carboxylic acids is 1. The van der Waals surface area contributed by atoms with Crippen molar-refractivity contribution in [3.8, 4) is 0 Å². The summed E-state index contributed by atoms with van der Waals surface area (Å²) in [5, 5.41) is 4.03. The van der Waals surface area contributed by atoms with Gasteiger partial charge in [-0.2, -0.15) is 0 Å². The molecule has 1 saturated heterocycles. The maximum absolute atomic E-state index is 12.8. The number of nitrogens with one attached hydrogen (secondary N) is 1. The summed E-state index contributed by atoms with van der Waals surface area (Å²) in [4.78, 5) is 21.3. The molecule has 5 nitrogen and oxygen atoms in total. The molecule has 6 heteroatoms. The first-order valence-corrected chi connectivity index (χ1v) is 11.7. The molecule has 1 aromatic heterocycles. The van der Waals surface area contributed by atoms with Crippen LogP contribution in [0.2, 0.25) is 0 Å². The summed E-state index contributed by atoms with van der Waals surface area (Å²) in [7, 11) is 1.84. The molecule has 0 spiro atoms. The second-order valence-corrected chi connectivity index (χ2v) is 8.76. The lowest BCUT2D eigenvalue weighted by Crippen LogP contribution is -2.31. The van der Waals surface area contributed by atoms with Crippen LogP contribution in [0.5, 0.6) is 0 Å². The molecule has 0 aliphatic carbocycles. The fourth-order valence-electron chi connectivity index (χ4n) is 3.79. The fraction of sp³-hybridized carbons (Fsp3) is 0.280. The summed E-state index contributed by atoms with van der Waals surface area (Å²) in [5.41, 5.74) is 4.38. The highest BCUT2D eigenvalue weighted by Crippen LogP contribution is 2.26. The highest BCUT2D eigenvalue weighted by Gasteiger charge is 2.17. The average molecular weight is 433 g/mol. The van der Waals surface area contributed by atoms with Gasteiger partial charge in [0.1, 0.15) is 0 Å². The minimum Gasteiger partial charge on any atom is -0.371 e. The highest BCUT2D eigenvalue weighted by molar-refractivity contribution is 7.98. The zero-order chi connectivity index (χ0) is 21.5. The van der Waals surface area contributed by atoms with E-state index in [1.54, 1.807) is 22.9 Å². The van der Waals surface area contributed by atoms with E-state index in [-0.39, 0.29) is 6.03 Å². The normalized spacial score (nSPS) is 13.3. The van der Waals surface area contributed by atoms with E-state index in [9.17, 15) is 4.79 Å². The van der Waals surface area contributed by atoms with Crippen LogP contribution in [-0.2, 0) is 12.3 Å². The molecule has 1 N–H and O–H groups in total. The molecule has 0 atom stereocenters. The van der Waals surface area contributed by atoms with Crippen molar-refractivity contribution in [2.24, 2.45) is 0 Å². The van der Waals surface area contributed by atoms with Crippen molar-refractivity contribution in [2.45, 2.75) is 30.2 Å².